The number of carbonyl (C=O) groups excluding carboxylic acids is 3. The van der Waals surface area contributed by atoms with Crippen molar-refractivity contribution in [3.8, 4) is 0 Å². The zero-order chi connectivity index (χ0) is 16.4. The van der Waals surface area contributed by atoms with Gasteiger partial charge < -0.3 is 9.47 Å². The predicted molar refractivity (Wildman–Crippen MR) is 91.9 cm³/mol. The van der Waals surface area contributed by atoms with Crippen molar-refractivity contribution >= 4 is 42.0 Å². The predicted octanol–water partition coefficient (Wildman–Crippen LogP) is 2.50. The Bertz CT molecular complexity index is 679. The van der Waals surface area contributed by atoms with Crippen molar-refractivity contribution in [3.63, 3.8) is 0 Å². The smallest absolute Gasteiger partial charge is 0.354 e. The van der Waals surface area contributed by atoms with Gasteiger partial charge in [-0.15, -0.1) is 0 Å². The summed E-state index contributed by atoms with van der Waals surface area (Å²) in [5.74, 6) is -2.01. The molecule has 0 bridgehead atoms. The van der Waals surface area contributed by atoms with Gasteiger partial charge in [0.05, 0.1) is 0 Å². The zero-order valence-corrected chi connectivity index (χ0v) is 14.9. The van der Waals surface area contributed by atoms with E-state index >= 15 is 0 Å². The number of benzene rings is 1. The molecule has 5 nitrogen and oxygen atoms in total. The summed E-state index contributed by atoms with van der Waals surface area (Å²) in [7, 11) is 0. The van der Waals surface area contributed by atoms with E-state index in [9.17, 15) is 14.4 Å². The molecule has 0 radical (unpaired) electrons. The van der Waals surface area contributed by atoms with Crippen LogP contribution in [0.3, 0.4) is 0 Å². The van der Waals surface area contributed by atoms with Crippen LogP contribution in [0.25, 0.3) is 0 Å². The van der Waals surface area contributed by atoms with E-state index in [2.05, 4.69) is 0 Å². The molecule has 2 fully saturated rings. The molecular weight excluding hydrogens is 411 g/mol. The summed E-state index contributed by atoms with van der Waals surface area (Å²) in [6, 6.07) is 7.45. The Morgan fingerprint density at radius 3 is 2.43 bits per heavy atom. The second-order valence-corrected chi connectivity index (χ2v) is 8.68. The number of esters is 2. The maximum Gasteiger partial charge on any atom is 0.354 e. The molecule has 23 heavy (non-hydrogen) atoms. The van der Waals surface area contributed by atoms with Crippen LogP contribution in [0.2, 0.25) is 0 Å². The first-order valence-electron chi connectivity index (χ1n) is 7.54. The summed E-state index contributed by atoms with van der Waals surface area (Å²) in [4.78, 5) is 35.7. The molecule has 0 atom stereocenters. The van der Waals surface area contributed by atoms with Gasteiger partial charge in [0.2, 0.25) is 0 Å². The number of hydrogen-bond acceptors (Lipinski definition) is 5. The fourth-order valence-corrected chi connectivity index (χ4v) is 5.06. The molecule has 0 amide bonds. The zero-order valence-electron chi connectivity index (χ0n) is 12.8. The summed E-state index contributed by atoms with van der Waals surface area (Å²) in [5, 5.41) is 0. The normalized spacial score (nSPS) is 19.6. The maximum absolute atomic E-state index is 12.2. The molecule has 1 aliphatic carbocycles. The number of carbonyl (C=O) groups is 3. The first-order valence-corrected chi connectivity index (χ1v) is 9.70. The highest BCUT2D eigenvalue weighted by atomic mass is 127. The van der Waals surface area contributed by atoms with Gasteiger partial charge >= 0.3 is 11.9 Å². The topological polar surface area (TPSA) is 69.7 Å². The van der Waals surface area contributed by atoms with E-state index < -0.39 is 38.5 Å². The number of rotatable bonds is 3. The molecule has 0 aromatic heterocycles. The first kappa shape index (κ1) is 16.3. The Labute approximate surface area is 144 Å². The van der Waals surface area contributed by atoms with Crippen LogP contribution in [0, 0.1) is 3.57 Å². The third kappa shape index (κ3) is 3.68. The quantitative estimate of drug-likeness (QED) is 0.547. The molecule has 1 aromatic rings. The van der Waals surface area contributed by atoms with Crippen LogP contribution in [0.1, 0.15) is 38.2 Å². The van der Waals surface area contributed by atoms with Gasteiger partial charge in [0.25, 0.3) is 5.79 Å². The van der Waals surface area contributed by atoms with Crippen molar-refractivity contribution < 1.29 is 23.9 Å². The molecule has 1 aromatic carbocycles. The van der Waals surface area contributed by atoms with Gasteiger partial charge in [-0.2, -0.15) is 0 Å². The van der Waals surface area contributed by atoms with Gasteiger partial charge in [0.1, 0.15) is 5.78 Å². The fourth-order valence-electron chi connectivity index (χ4n) is 2.83. The van der Waals surface area contributed by atoms with Gasteiger partial charge in [-0.05, 0) is 37.5 Å². The Morgan fingerprint density at radius 1 is 1.17 bits per heavy atom. The second-order valence-electron chi connectivity index (χ2n) is 5.81. The van der Waals surface area contributed by atoms with E-state index in [0.29, 0.717) is 19.3 Å². The summed E-state index contributed by atoms with van der Waals surface area (Å²) in [6.45, 7) is 1.54. The van der Waals surface area contributed by atoms with E-state index in [1.54, 1.807) is 0 Å². The van der Waals surface area contributed by atoms with Crippen LogP contribution in [0.4, 0.5) is 0 Å². The highest BCUT2D eigenvalue weighted by Gasteiger charge is 2.48. The van der Waals surface area contributed by atoms with E-state index in [4.69, 9.17) is 9.47 Å². The Morgan fingerprint density at radius 2 is 1.83 bits per heavy atom. The minimum absolute atomic E-state index is 0.0765. The second kappa shape index (κ2) is 6.51. The van der Waals surface area contributed by atoms with Crippen LogP contribution < -0.4 is 0 Å². The van der Waals surface area contributed by atoms with E-state index in [0.717, 1.165) is 22.0 Å². The van der Waals surface area contributed by atoms with E-state index in [1.807, 2.05) is 24.3 Å². The van der Waals surface area contributed by atoms with Crippen LogP contribution in [0.5, 0.6) is 0 Å². The number of hydrogen-bond donors (Lipinski definition) is 0. The average molecular weight is 428 g/mol. The highest BCUT2D eigenvalue weighted by molar-refractivity contribution is 14.2. The lowest BCUT2D eigenvalue weighted by Gasteiger charge is -2.32. The Kier molecular flexibility index (Phi) is 4.61. The van der Waals surface area contributed by atoms with Gasteiger partial charge in [0, 0.05) is 22.8 Å². The van der Waals surface area contributed by atoms with Crippen molar-refractivity contribution in [2.75, 3.05) is 0 Å². The van der Waals surface area contributed by atoms with Crippen LogP contribution in [0.15, 0.2) is 24.3 Å². The summed E-state index contributed by atoms with van der Waals surface area (Å²) in [6.07, 6.45) is 3.33. The van der Waals surface area contributed by atoms with Crippen molar-refractivity contribution in [3.05, 3.63) is 33.4 Å². The first-order chi connectivity index (χ1) is 11.0. The fraction of sp³-hybridized carbons (Fsp3) is 0.412. The third-order valence-corrected chi connectivity index (χ3v) is 6.54. The molecule has 1 spiro atoms. The van der Waals surface area contributed by atoms with E-state index in [1.165, 1.54) is 6.92 Å². The van der Waals surface area contributed by atoms with Crippen molar-refractivity contribution in [2.24, 2.45) is 0 Å². The minimum atomic E-state index is -1.02. The van der Waals surface area contributed by atoms with Crippen LogP contribution >= 0.6 is 20.7 Å². The molecular formula is C17H17IO5. The third-order valence-electron chi connectivity index (χ3n) is 3.83. The maximum atomic E-state index is 12.2. The van der Waals surface area contributed by atoms with Crippen molar-refractivity contribution in [1.82, 2.24) is 0 Å². The standard InChI is InChI=1S/C17H17IO5/c1-11(19)9-12-5-4-6-13(10-12)18-14-15(20)22-17(23-16(14)21)7-2-3-8-17/h4-6,10H,2-3,7-9H2,1H3. The van der Waals surface area contributed by atoms with Crippen LogP contribution in [-0.4, -0.2) is 27.0 Å². The van der Waals surface area contributed by atoms with Gasteiger partial charge in [-0.1, -0.05) is 32.9 Å². The lowest BCUT2D eigenvalue weighted by molar-refractivity contribution is -0.224. The number of halogens is 1. The van der Waals surface area contributed by atoms with Gasteiger partial charge in [-0.3, -0.25) is 4.79 Å². The summed E-state index contributed by atoms with van der Waals surface area (Å²) >= 11 is -0.994. The minimum Gasteiger partial charge on any atom is -0.418 e. The largest absolute Gasteiger partial charge is 0.418 e. The SMILES string of the molecule is CC(=O)Cc1cccc(I=C2C(=O)OC3(CCCC3)OC2=O)c1. The molecule has 2 aliphatic rings. The molecule has 3 rings (SSSR count). The number of ether oxygens (including phenoxy) is 2. The van der Waals surface area contributed by atoms with E-state index in [-0.39, 0.29) is 9.29 Å². The summed E-state index contributed by atoms with van der Waals surface area (Å²) < 4.78 is 11.9. The summed E-state index contributed by atoms with van der Waals surface area (Å²) in [5.41, 5.74) is 0.889. The lowest BCUT2D eigenvalue weighted by atomic mass is 10.1. The molecule has 6 heteroatoms. The average Bonchev–Trinajstić information content (AvgIpc) is 2.90. The molecule has 1 saturated carbocycles. The van der Waals surface area contributed by atoms with Crippen LogP contribution in [-0.2, 0) is 30.3 Å². The molecule has 0 unspecified atom stereocenters. The van der Waals surface area contributed by atoms with Gasteiger partial charge in [-0.25, -0.2) is 9.59 Å². The molecule has 122 valence electrons. The van der Waals surface area contributed by atoms with Gasteiger partial charge in [0.15, 0.2) is 3.51 Å². The molecule has 1 saturated heterocycles. The Hall–Kier alpha value is -1.57. The Balaban J connectivity index is 1.83. The molecule has 1 aliphatic heterocycles. The molecule has 1 heterocycles. The highest BCUT2D eigenvalue weighted by Crippen LogP contribution is 2.37. The van der Waals surface area contributed by atoms with Crippen molar-refractivity contribution in [1.29, 1.82) is 0 Å². The molecule has 0 N–H and O–H groups in total. The number of Topliss-reactive ketones (excluding diaryl/α,β-unsaturated/α-hetero) is 1. The monoisotopic (exact) mass is 428 g/mol. The van der Waals surface area contributed by atoms with Crippen molar-refractivity contribution in [2.45, 2.75) is 44.8 Å². The number of ketones is 1. The lowest BCUT2D eigenvalue weighted by Crippen LogP contribution is -2.48.